The fraction of sp³-hybridized carbons (Fsp3) is 0.514. The number of carbonyl (C=O) groups excluding carboxylic acids is 2. The zero-order chi connectivity index (χ0) is 31.4. The Morgan fingerprint density at radius 3 is 2.55 bits per heavy atom. The summed E-state index contributed by atoms with van der Waals surface area (Å²) in [6.07, 6.45) is 2.80. The molecule has 0 N–H and O–H groups in total. The molecule has 0 aliphatic carbocycles. The zero-order valence-corrected chi connectivity index (χ0v) is 27.9. The van der Waals surface area contributed by atoms with E-state index in [2.05, 4.69) is 98.8 Å². The molecule has 5 rings (SSSR count). The van der Waals surface area contributed by atoms with E-state index < -0.39 is 0 Å². The van der Waals surface area contributed by atoms with Crippen LogP contribution in [0.15, 0.2) is 53.7 Å². The highest BCUT2D eigenvalue weighted by Crippen LogP contribution is 2.30. The maximum atomic E-state index is 13.1. The first-order chi connectivity index (χ1) is 21.0. The third kappa shape index (κ3) is 7.78. The first kappa shape index (κ1) is 31.9. The van der Waals surface area contributed by atoms with Crippen molar-refractivity contribution in [3.63, 3.8) is 0 Å². The predicted molar refractivity (Wildman–Crippen MR) is 179 cm³/mol. The Bertz CT molecular complexity index is 1610. The van der Waals surface area contributed by atoms with Gasteiger partial charge in [0.1, 0.15) is 5.52 Å². The van der Waals surface area contributed by atoms with Crippen molar-refractivity contribution >= 4 is 45.6 Å². The number of nitrogens with zero attached hydrogens (tertiary/aromatic N) is 6. The molecule has 2 unspecified atom stereocenters. The van der Waals surface area contributed by atoms with Gasteiger partial charge in [0, 0.05) is 56.2 Å². The largest absolute Gasteiger partial charge is 0.339 e. The summed E-state index contributed by atoms with van der Waals surface area (Å²) in [5.74, 6) is 1.44. The highest BCUT2D eigenvalue weighted by molar-refractivity contribution is 7.99. The molecular formula is C35H46N6O2S. The molecule has 2 aromatic heterocycles. The monoisotopic (exact) mass is 614 g/mol. The third-order valence-electron chi connectivity index (χ3n) is 8.34. The van der Waals surface area contributed by atoms with Crippen LogP contribution in [0.5, 0.6) is 0 Å². The lowest BCUT2D eigenvalue weighted by Crippen LogP contribution is -2.55. The summed E-state index contributed by atoms with van der Waals surface area (Å²) in [5, 5.41) is 10.7. The van der Waals surface area contributed by atoms with Crippen LogP contribution in [0.25, 0.3) is 22.1 Å². The Labute approximate surface area is 265 Å². The number of carbonyl (C=O) groups is 2. The summed E-state index contributed by atoms with van der Waals surface area (Å²) < 4.78 is 2.22. The van der Waals surface area contributed by atoms with Gasteiger partial charge in [-0.1, -0.05) is 81.4 Å². The number of rotatable bonds is 10. The molecular weight excluding hydrogens is 568 g/mol. The van der Waals surface area contributed by atoms with Gasteiger partial charge in [-0.25, -0.2) is 4.98 Å². The van der Waals surface area contributed by atoms with E-state index in [1.165, 1.54) is 11.1 Å². The second kappa shape index (κ2) is 13.7. The van der Waals surface area contributed by atoms with Crippen LogP contribution in [-0.4, -0.2) is 72.8 Å². The van der Waals surface area contributed by atoms with E-state index in [1.807, 2.05) is 15.9 Å². The molecule has 0 saturated carbocycles. The molecule has 1 fully saturated rings. The normalized spacial score (nSPS) is 16.5. The van der Waals surface area contributed by atoms with Crippen molar-refractivity contribution in [1.82, 2.24) is 29.5 Å². The molecule has 9 heteroatoms. The molecule has 1 aliphatic rings. The lowest BCUT2D eigenvalue weighted by molar-refractivity contribution is -0.143. The first-order valence-electron chi connectivity index (χ1n) is 15.9. The van der Waals surface area contributed by atoms with Crippen molar-refractivity contribution in [1.29, 1.82) is 0 Å². The minimum Gasteiger partial charge on any atom is -0.339 e. The van der Waals surface area contributed by atoms with E-state index in [4.69, 9.17) is 4.98 Å². The fourth-order valence-electron chi connectivity index (χ4n) is 6.47. The highest BCUT2D eigenvalue weighted by Gasteiger charge is 2.30. The molecule has 1 aliphatic heterocycles. The standard InChI is InChI=1S/C35H46N6O2S/c1-24-14-15-29-28(19-24)32-33(41(29)23-27-11-8-7-9-12-27)36-34(38-37-32)44-18-10-13-30(42)39-16-17-40(26(3)22-39)31(43)20-25(2)21-35(4,5)6/h7-9,11-12,14-15,19,25-26H,10,13,16-18,20-23H2,1-6H3. The molecule has 44 heavy (non-hydrogen) atoms. The number of aryl methyl sites for hydroxylation is 1. The number of hydrogen-bond acceptors (Lipinski definition) is 6. The number of amides is 2. The summed E-state index contributed by atoms with van der Waals surface area (Å²) >= 11 is 1.54. The van der Waals surface area contributed by atoms with Gasteiger partial charge in [0.2, 0.25) is 17.0 Å². The molecule has 1 saturated heterocycles. The highest BCUT2D eigenvalue weighted by atomic mass is 32.2. The van der Waals surface area contributed by atoms with Gasteiger partial charge in [-0.2, -0.15) is 0 Å². The van der Waals surface area contributed by atoms with Crippen LogP contribution < -0.4 is 0 Å². The summed E-state index contributed by atoms with van der Waals surface area (Å²) in [6, 6.07) is 16.8. The number of hydrogen-bond donors (Lipinski definition) is 0. The summed E-state index contributed by atoms with van der Waals surface area (Å²) in [4.78, 5) is 34.9. The van der Waals surface area contributed by atoms with Crippen molar-refractivity contribution in [3.05, 3.63) is 59.7 Å². The van der Waals surface area contributed by atoms with Gasteiger partial charge in [-0.3, -0.25) is 9.59 Å². The minimum atomic E-state index is 0.0362. The van der Waals surface area contributed by atoms with Crippen molar-refractivity contribution in [2.75, 3.05) is 25.4 Å². The lowest BCUT2D eigenvalue weighted by Gasteiger charge is -2.40. The summed E-state index contributed by atoms with van der Waals surface area (Å²) in [7, 11) is 0. The van der Waals surface area contributed by atoms with Gasteiger partial charge in [-0.15, -0.1) is 10.2 Å². The van der Waals surface area contributed by atoms with Gasteiger partial charge in [-0.05, 0) is 55.7 Å². The van der Waals surface area contributed by atoms with E-state index in [1.54, 1.807) is 11.8 Å². The molecule has 2 atom stereocenters. The van der Waals surface area contributed by atoms with Crippen LogP contribution in [-0.2, 0) is 16.1 Å². The zero-order valence-electron chi connectivity index (χ0n) is 27.0. The van der Waals surface area contributed by atoms with E-state index in [0.717, 1.165) is 40.7 Å². The molecule has 3 heterocycles. The van der Waals surface area contributed by atoms with Crippen molar-refractivity contribution in [2.45, 2.75) is 85.0 Å². The van der Waals surface area contributed by atoms with Gasteiger partial charge in [0.15, 0.2) is 5.65 Å². The molecule has 0 radical (unpaired) electrons. The average molecular weight is 615 g/mol. The number of benzene rings is 2. The van der Waals surface area contributed by atoms with Gasteiger partial charge in [0.05, 0.1) is 5.52 Å². The van der Waals surface area contributed by atoms with Crippen LogP contribution in [0.3, 0.4) is 0 Å². The Kier molecular flexibility index (Phi) is 9.93. The Morgan fingerprint density at radius 2 is 1.82 bits per heavy atom. The van der Waals surface area contributed by atoms with Crippen molar-refractivity contribution in [2.24, 2.45) is 11.3 Å². The van der Waals surface area contributed by atoms with Crippen molar-refractivity contribution in [3.8, 4) is 0 Å². The summed E-state index contributed by atoms with van der Waals surface area (Å²) in [6.45, 7) is 15.5. The lowest BCUT2D eigenvalue weighted by atomic mass is 9.84. The number of piperazine rings is 1. The predicted octanol–water partition coefficient (Wildman–Crippen LogP) is 6.73. The molecule has 234 valence electrons. The first-order valence-corrected chi connectivity index (χ1v) is 16.8. The molecule has 4 aromatic rings. The van der Waals surface area contributed by atoms with E-state index in [-0.39, 0.29) is 23.3 Å². The second-order valence-electron chi connectivity index (χ2n) is 13.7. The molecule has 0 bridgehead atoms. The van der Waals surface area contributed by atoms with Crippen LogP contribution in [0.2, 0.25) is 0 Å². The third-order valence-corrected chi connectivity index (χ3v) is 9.26. The Morgan fingerprint density at radius 1 is 1.05 bits per heavy atom. The van der Waals surface area contributed by atoms with Crippen molar-refractivity contribution < 1.29 is 9.59 Å². The SMILES string of the molecule is Cc1ccc2c(c1)c1nnc(SCCCC(=O)N3CCN(C(=O)CC(C)CC(C)(C)C)C(C)C3)nc1n2Cc1ccccc1. The Balaban J connectivity index is 1.15. The van der Waals surface area contributed by atoms with Gasteiger partial charge >= 0.3 is 0 Å². The number of fused-ring (bicyclic) bond motifs is 3. The molecule has 8 nitrogen and oxygen atoms in total. The Hall–Kier alpha value is -3.46. The molecule has 2 aromatic carbocycles. The second-order valence-corrected chi connectivity index (χ2v) is 14.7. The van der Waals surface area contributed by atoms with Crippen LogP contribution in [0.1, 0.15) is 71.4 Å². The summed E-state index contributed by atoms with van der Waals surface area (Å²) in [5.41, 5.74) is 5.33. The topological polar surface area (TPSA) is 84.2 Å². The molecule has 0 spiro atoms. The van der Waals surface area contributed by atoms with Crippen LogP contribution >= 0.6 is 11.8 Å². The van der Waals surface area contributed by atoms with Crippen LogP contribution in [0, 0.1) is 18.3 Å². The van der Waals surface area contributed by atoms with E-state index in [9.17, 15) is 9.59 Å². The minimum absolute atomic E-state index is 0.0362. The smallest absolute Gasteiger partial charge is 0.223 e. The van der Waals surface area contributed by atoms with Crippen LogP contribution in [0.4, 0.5) is 0 Å². The fourth-order valence-corrected chi connectivity index (χ4v) is 7.20. The van der Waals surface area contributed by atoms with E-state index >= 15 is 0 Å². The number of aromatic nitrogens is 4. The maximum absolute atomic E-state index is 13.1. The quantitative estimate of drug-likeness (QED) is 0.146. The molecule has 2 amide bonds. The average Bonchev–Trinajstić information content (AvgIpc) is 3.26. The van der Waals surface area contributed by atoms with Gasteiger partial charge in [0.25, 0.3) is 0 Å². The maximum Gasteiger partial charge on any atom is 0.223 e. The number of thioether (sulfide) groups is 1. The van der Waals surface area contributed by atoms with E-state index in [0.29, 0.717) is 50.1 Å². The van der Waals surface area contributed by atoms with Gasteiger partial charge < -0.3 is 14.4 Å².